The van der Waals surface area contributed by atoms with Crippen LogP contribution < -0.4 is 5.32 Å². The third-order valence-corrected chi connectivity index (χ3v) is 1.91. The van der Waals surface area contributed by atoms with E-state index < -0.39 is 0 Å². The largest absolute Gasteiger partial charge is 0.508 e. The highest BCUT2D eigenvalue weighted by Crippen LogP contribution is 2.20. The van der Waals surface area contributed by atoms with Gasteiger partial charge in [-0.25, -0.2) is 0 Å². The summed E-state index contributed by atoms with van der Waals surface area (Å²) in [4.78, 5) is 10.5. The van der Waals surface area contributed by atoms with Crippen molar-refractivity contribution in [2.75, 3.05) is 6.54 Å². The van der Waals surface area contributed by atoms with Crippen LogP contribution >= 0.6 is 11.6 Å². The summed E-state index contributed by atoms with van der Waals surface area (Å²) in [5.74, 6) is 5.51. The average Bonchev–Trinajstić information content (AvgIpc) is 2.14. The minimum atomic E-state index is -0.124. The normalized spacial score (nSPS) is 8.93. The summed E-state index contributed by atoms with van der Waals surface area (Å²) in [6.45, 7) is 1.71. The molecule has 3 nitrogen and oxygen atoms in total. The fraction of sp³-hybridized carbons (Fsp3) is 0.182. The Morgan fingerprint density at radius 3 is 2.93 bits per heavy atom. The summed E-state index contributed by atoms with van der Waals surface area (Å²) in [7, 11) is 0. The molecule has 0 aliphatic carbocycles. The summed E-state index contributed by atoms with van der Waals surface area (Å²) in [6.07, 6.45) is 0. The molecule has 0 heterocycles. The molecule has 0 unspecified atom stereocenters. The van der Waals surface area contributed by atoms with Gasteiger partial charge in [-0.1, -0.05) is 23.4 Å². The first kappa shape index (κ1) is 11.4. The number of carbonyl (C=O) groups is 1. The predicted octanol–water partition coefficient (Wildman–Crippen LogP) is 1.53. The molecule has 0 saturated carbocycles. The van der Waals surface area contributed by atoms with Gasteiger partial charge < -0.3 is 10.4 Å². The molecule has 15 heavy (non-hydrogen) atoms. The van der Waals surface area contributed by atoms with Crippen LogP contribution in [0.3, 0.4) is 0 Å². The second-order valence-corrected chi connectivity index (χ2v) is 3.28. The van der Waals surface area contributed by atoms with E-state index in [-0.39, 0.29) is 18.2 Å². The number of halogens is 1. The summed E-state index contributed by atoms with van der Waals surface area (Å²) in [5.41, 5.74) is 0.625. The number of hydrogen-bond donors (Lipinski definition) is 2. The first-order valence-electron chi connectivity index (χ1n) is 4.31. The number of phenols is 1. The molecule has 0 atom stereocenters. The van der Waals surface area contributed by atoms with Crippen molar-refractivity contribution >= 4 is 17.5 Å². The van der Waals surface area contributed by atoms with E-state index in [4.69, 9.17) is 16.7 Å². The molecule has 0 spiro atoms. The lowest BCUT2D eigenvalue weighted by atomic mass is 10.2. The van der Waals surface area contributed by atoms with Gasteiger partial charge in [-0.2, -0.15) is 0 Å². The number of amides is 1. The Bertz CT molecular complexity index is 432. The molecule has 1 aromatic rings. The molecule has 1 amide bonds. The fourth-order valence-corrected chi connectivity index (χ4v) is 1.14. The van der Waals surface area contributed by atoms with E-state index in [0.29, 0.717) is 10.6 Å². The van der Waals surface area contributed by atoms with Crippen molar-refractivity contribution in [2.24, 2.45) is 0 Å². The second-order valence-electron chi connectivity index (χ2n) is 2.88. The minimum Gasteiger partial charge on any atom is -0.508 e. The molecular weight excluding hydrogens is 214 g/mol. The second kappa shape index (κ2) is 5.28. The highest BCUT2D eigenvalue weighted by atomic mass is 35.5. The van der Waals surface area contributed by atoms with Crippen LogP contribution in [0.1, 0.15) is 12.5 Å². The maximum atomic E-state index is 10.5. The van der Waals surface area contributed by atoms with Gasteiger partial charge in [0.2, 0.25) is 5.91 Å². The van der Waals surface area contributed by atoms with Crippen LogP contribution in [-0.2, 0) is 4.79 Å². The quantitative estimate of drug-likeness (QED) is 0.710. The van der Waals surface area contributed by atoms with Crippen molar-refractivity contribution < 1.29 is 9.90 Å². The number of benzene rings is 1. The number of carbonyl (C=O) groups excluding carboxylic acids is 1. The van der Waals surface area contributed by atoms with E-state index in [1.807, 2.05) is 0 Å². The van der Waals surface area contributed by atoms with E-state index in [1.54, 1.807) is 6.07 Å². The zero-order valence-corrected chi connectivity index (χ0v) is 8.93. The number of aromatic hydroxyl groups is 1. The van der Waals surface area contributed by atoms with Crippen LogP contribution in [0.5, 0.6) is 5.75 Å². The summed E-state index contributed by atoms with van der Waals surface area (Å²) < 4.78 is 0. The van der Waals surface area contributed by atoms with E-state index in [2.05, 4.69) is 17.2 Å². The Morgan fingerprint density at radius 1 is 1.60 bits per heavy atom. The van der Waals surface area contributed by atoms with E-state index in [1.165, 1.54) is 19.1 Å². The van der Waals surface area contributed by atoms with Crippen molar-refractivity contribution in [3.63, 3.8) is 0 Å². The van der Waals surface area contributed by atoms with Gasteiger partial charge in [0.1, 0.15) is 5.75 Å². The van der Waals surface area contributed by atoms with Gasteiger partial charge in [0.15, 0.2) is 0 Å². The van der Waals surface area contributed by atoms with Crippen molar-refractivity contribution in [2.45, 2.75) is 6.92 Å². The van der Waals surface area contributed by atoms with Gasteiger partial charge in [-0.05, 0) is 18.2 Å². The Kier molecular flexibility index (Phi) is 4.02. The van der Waals surface area contributed by atoms with Gasteiger partial charge >= 0.3 is 0 Å². The maximum Gasteiger partial charge on any atom is 0.217 e. The van der Waals surface area contributed by atoms with Gasteiger partial charge in [0.05, 0.1) is 11.6 Å². The molecule has 4 heteroatoms. The van der Waals surface area contributed by atoms with Gasteiger partial charge in [0.25, 0.3) is 0 Å². The molecule has 1 aromatic carbocycles. The van der Waals surface area contributed by atoms with E-state index in [0.717, 1.165) is 0 Å². The molecular formula is C11H10ClNO2. The van der Waals surface area contributed by atoms with E-state index in [9.17, 15) is 4.79 Å². The fourth-order valence-electron chi connectivity index (χ4n) is 0.913. The molecule has 0 bridgehead atoms. The van der Waals surface area contributed by atoms with Crippen LogP contribution in [0, 0.1) is 11.8 Å². The van der Waals surface area contributed by atoms with Crippen LogP contribution in [-0.4, -0.2) is 17.6 Å². The summed E-state index contributed by atoms with van der Waals surface area (Å²) >= 11 is 5.82. The summed E-state index contributed by atoms with van der Waals surface area (Å²) in [6, 6.07) is 4.55. The molecule has 0 radical (unpaired) electrons. The summed E-state index contributed by atoms with van der Waals surface area (Å²) in [5, 5.41) is 12.0. The Labute approximate surface area is 93.1 Å². The molecule has 0 aliphatic rings. The van der Waals surface area contributed by atoms with Crippen molar-refractivity contribution in [3.8, 4) is 17.6 Å². The van der Waals surface area contributed by atoms with Crippen molar-refractivity contribution in [3.05, 3.63) is 28.8 Å². The average molecular weight is 224 g/mol. The molecule has 0 fully saturated rings. The smallest absolute Gasteiger partial charge is 0.217 e. The highest BCUT2D eigenvalue weighted by Gasteiger charge is 1.97. The lowest BCUT2D eigenvalue weighted by Gasteiger charge is -1.96. The zero-order valence-electron chi connectivity index (χ0n) is 8.17. The third kappa shape index (κ3) is 3.92. The molecule has 0 aliphatic heterocycles. The van der Waals surface area contributed by atoms with Gasteiger partial charge in [-0.15, -0.1) is 0 Å². The topological polar surface area (TPSA) is 49.3 Å². The van der Waals surface area contributed by atoms with E-state index >= 15 is 0 Å². The monoisotopic (exact) mass is 223 g/mol. The number of rotatable bonds is 1. The first-order chi connectivity index (χ1) is 7.09. The van der Waals surface area contributed by atoms with Crippen molar-refractivity contribution in [1.29, 1.82) is 0 Å². The Balaban J connectivity index is 2.67. The third-order valence-electron chi connectivity index (χ3n) is 1.60. The zero-order chi connectivity index (χ0) is 11.3. The van der Waals surface area contributed by atoms with Crippen LogP contribution in [0.15, 0.2) is 18.2 Å². The molecule has 78 valence electrons. The van der Waals surface area contributed by atoms with Crippen LogP contribution in [0.2, 0.25) is 5.02 Å². The molecule has 0 saturated heterocycles. The van der Waals surface area contributed by atoms with Gasteiger partial charge in [0, 0.05) is 12.5 Å². The lowest BCUT2D eigenvalue weighted by Crippen LogP contribution is -2.19. The predicted molar refractivity (Wildman–Crippen MR) is 58.7 cm³/mol. The highest BCUT2D eigenvalue weighted by molar-refractivity contribution is 6.31. The first-order valence-corrected chi connectivity index (χ1v) is 4.69. The van der Waals surface area contributed by atoms with Crippen molar-refractivity contribution in [1.82, 2.24) is 5.32 Å². The maximum absolute atomic E-state index is 10.5. The lowest BCUT2D eigenvalue weighted by molar-refractivity contribution is -0.118. The molecule has 0 aromatic heterocycles. The Morgan fingerprint density at radius 2 is 2.33 bits per heavy atom. The molecule has 2 N–H and O–H groups in total. The van der Waals surface area contributed by atoms with Crippen LogP contribution in [0.4, 0.5) is 0 Å². The number of phenolic OH excluding ortho intramolecular Hbond substituents is 1. The molecule has 1 rings (SSSR count). The minimum absolute atomic E-state index is 0.104. The van der Waals surface area contributed by atoms with Gasteiger partial charge in [-0.3, -0.25) is 4.79 Å². The standard InChI is InChI=1S/C11H10ClNO2/c1-8(14)13-6-2-3-9-4-5-10(15)7-11(9)12/h4-5,7,15H,6H2,1H3,(H,13,14). The number of hydrogen-bond acceptors (Lipinski definition) is 2. The number of nitrogens with one attached hydrogen (secondary N) is 1. The SMILES string of the molecule is CC(=O)NCC#Cc1ccc(O)cc1Cl. The van der Waals surface area contributed by atoms with Crippen LogP contribution in [0.25, 0.3) is 0 Å². The Hall–Kier alpha value is -1.66.